The van der Waals surface area contributed by atoms with E-state index in [1.54, 1.807) is 13.2 Å². The molecule has 2 aromatic rings. The van der Waals surface area contributed by atoms with Crippen molar-refractivity contribution in [1.29, 1.82) is 0 Å². The van der Waals surface area contributed by atoms with E-state index in [4.69, 9.17) is 16.3 Å². The predicted octanol–water partition coefficient (Wildman–Crippen LogP) is 3.70. The SMILES string of the molecule is COc1ccc(F)cc1-c1csc(CCl)n1. The number of alkyl halides is 1. The fraction of sp³-hybridized carbons (Fsp3) is 0.182. The van der Waals surface area contributed by atoms with Crippen molar-refractivity contribution < 1.29 is 9.13 Å². The lowest BCUT2D eigenvalue weighted by molar-refractivity contribution is 0.415. The van der Waals surface area contributed by atoms with Gasteiger partial charge in [0.05, 0.1) is 18.7 Å². The zero-order valence-corrected chi connectivity index (χ0v) is 10.1. The van der Waals surface area contributed by atoms with Crippen molar-refractivity contribution in [2.45, 2.75) is 5.88 Å². The Morgan fingerprint density at radius 3 is 2.94 bits per heavy atom. The van der Waals surface area contributed by atoms with Gasteiger partial charge < -0.3 is 4.74 Å². The van der Waals surface area contributed by atoms with Crippen molar-refractivity contribution in [2.75, 3.05) is 7.11 Å². The highest BCUT2D eigenvalue weighted by atomic mass is 35.5. The van der Waals surface area contributed by atoms with Crippen molar-refractivity contribution in [3.8, 4) is 17.0 Å². The molecular formula is C11H9ClFNOS. The van der Waals surface area contributed by atoms with E-state index in [0.717, 1.165) is 5.01 Å². The molecule has 0 aliphatic rings. The van der Waals surface area contributed by atoms with E-state index in [2.05, 4.69) is 4.98 Å². The molecule has 84 valence electrons. The van der Waals surface area contributed by atoms with Crippen LogP contribution in [0.3, 0.4) is 0 Å². The van der Waals surface area contributed by atoms with E-state index in [-0.39, 0.29) is 5.82 Å². The largest absolute Gasteiger partial charge is 0.496 e. The summed E-state index contributed by atoms with van der Waals surface area (Å²) in [5, 5.41) is 2.65. The van der Waals surface area contributed by atoms with Gasteiger partial charge in [0, 0.05) is 10.9 Å². The Morgan fingerprint density at radius 1 is 1.50 bits per heavy atom. The van der Waals surface area contributed by atoms with Crippen molar-refractivity contribution in [3.05, 3.63) is 34.4 Å². The molecule has 0 bridgehead atoms. The molecule has 0 aliphatic carbocycles. The third-order valence-electron chi connectivity index (χ3n) is 2.10. The summed E-state index contributed by atoms with van der Waals surface area (Å²) in [5.74, 6) is 0.659. The van der Waals surface area contributed by atoms with E-state index < -0.39 is 0 Å². The van der Waals surface area contributed by atoms with E-state index in [1.165, 1.54) is 23.5 Å². The summed E-state index contributed by atoms with van der Waals surface area (Å²) in [6, 6.07) is 4.35. The Kier molecular flexibility index (Phi) is 3.41. The van der Waals surface area contributed by atoms with Gasteiger partial charge >= 0.3 is 0 Å². The molecule has 0 amide bonds. The minimum absolute atomic E-state index is 0.309. The maximum atomic E-state index is 13.2. The molecule has 0 fully saturated rings. The van der Waals surface area contributed by atoms with Gasteiger partial charge in [-0.1, -0.05) is 0 Å². The zero-order chi connectivity index (χ0) is 11.5. The first kappa shape index (κ1) is 11.4. The molecule has 2 nitrogen and oxygen atoms in total. The number of aromatic nitrogens is 1. The lowest BCUT2D eigenvalue weighted by atomic mass is 10.1. The number of halogens is 2. The van der Waals surface area contributed by atoms with E-state index in [0.29, 0.717) is 22.9 Å². The van der Waals surface area contributed by atoms with Gasteiger partial charge in [-0.15, -0.1) is 22.9 Å². The van der Waals surface area contributed by atoms with Gasteiger partial charge in [-0.05, 0) is 18.2 Å². The van der Waals surface area contributed by atoms with Crippen LogP contribution in [0.2, 0.25) is 0 Å². The van der Waals surface area contributed by atoms with Crippen LogP contribution in [0.15, 0.2) is 23.6 Å². The van der Waals surface area contributed by atoms with Crippen LogP contribution < -0.4 is 4.74 Å². The normalized spacial score (nSPS) is 10.4. The highest BCUT2D eigenvalue weighted by molar-refractivity contribution is 7.10. The Morgan fingerprint density at radius 2 is 2.31 bits per heavy atom. The smallest absolute Gasteiger partial charge is 0.128 e. The van der Waals surface area contributed by atoms with Crippen molar-refractivity contribution in [2.24, 2.45) is 0 Å². The Labute approximate surface area is 102 Å². The second-order valence-corrected chi connectivity index (χ2v) is 4.31. The topological polar surface area (TPSA) is 22.1 Å². The number of rotatable bonds is 3. The van der Waals surface area contributed by atoms with Crippen LogP contribution >= 0.6 is 22.9 Å². The van der Waals surface area contributed by atoms with E-state index in [9.17, 15) is 4.39 Å². The van der Waals surface area contributed by atoms with Crippen molar-refractivity contribution in [1.82, 2.24) is 4.98 Å². The maximum absolute atomic E-state index is 13.2. The summed E-state index contributed by atoms with van der Waals surface area (Å²) in [5.41, 5.74) is 1.34. The molecule has 0 spiro atoms. The summed E-state index contributed by atoms with van der Waals surface area (Å²) >= 11 is 7.12. The molecule has 0 atom stereocenters. The number of hydrogen-bond acceptors (Lipinski definition) is 3. The van der Waals surface area contributed by atoms with Gasteiger partial charge in [-0.3, -0.25) is 0 Å². The number of ether oxygens (including phenoxy) is 1. The molecule has 0 unspecified atom stereocenters. The molecule has 2 rings (SSSR count). The van der Waals surface area contributed by atoms with Crippen LogP contribution in [0.25, 0.3) is 11.3 Å². The Hall–Kier alpha value is -1.13. The summed E-state index contributed by atoms with van der Waals surface area (Å²) in [7, 11) is 1.55. The van der Waals surface area contributed by atoms with E-state index >= 15 is 0 Å². The van der Waals surface area contributed by atoms with Crippen LogP contribution in [0.4, 0.5) is 4.39 Å². The van der Waals surface area contributed by atoms with Crippen LogP contribution in [0.1, 0.15) is 5.01 Å². The van der Waals surface area contributed by atoms with Crippen LogP contribution in [0, 0.1) is 5.82 Å². The number of benzene rings is 1. The van der Waals surface area contributed by atoms with Gasteiger partial charge in [0.2, 0.25) is 0 Å². The lowest BCUT2D eigenvalue weighted by Gasteiger charge is -2.05. The average Bonchev–Trinajstić information content (AvgIpc) is 2.77. The Balaban J connectivity index is 2.49. The summed E-state index contributed by atoms with van der Waals surface area (Å²) in [6.45, 7) is 0. The molecule has 1 heterocycles. The van der Waals surface area contributed by atoms with Gasteiger partial charge in [0.25, 0.3) is 0 Å². The molecule has 0 saturated heterocycles. The second-order valence-electron chi connectivity index (χ2n) is 3.10. The summed E-state index contributed by atoms with van der Waals surface area (Å²) < 4.78 is 18.3. The Bertz CT molecular complexity index is 500. The molecule has 5 heteroatoms. The number of methoxy groups -OCH3 is 1. The second kappa shape index (κ2) is 4.80. The fourth-order valence-electron chi connectivity index (χ4n) is 1.38. The monoisotopic (exact) mass is 257 g/mol. The van der Waals surface area contributed by atoms with E-state index in [1.807, 2.05) is 5.38 Å². The van der Waals surface area contributed by atoms with Gasteiger partial charge in [0.15, 0.2) is 0 Å². The van der Waals surface area contributed by atoms with Crippen LogP contribution in [-0.4, -0.2) is 12.1 Å². The highest BCUT2D eigenvalue weighted by Gasteiger charge is 2.10. The number of hydrogen-bond donors (Lipinski definition) is 0. The standard InChI is InChI=1S/C11H9ClFNOS/c1-15-10-3-2-7(13)4-8(10)9-6-16-11(5-12)14-9/h2-4,6H,5H2,1H3. The lowest BCUT2D eigenvalue weighted by Crippen LogP contribution is -1.89. The number of nitrogens with zero attached hydrogens (tertiary/aromatic N) is 1. The quantitative estimate of drug-likeness (QED) is 0.783. The molecule has 1 aromatic heterocycles. The first-order valence-electron chi connectivity index (χ1n) is 4.59. The molecular weight excluding hydrogens is 249 g/mol. The molecule has 0 N–H and O–H groups in total. The number of thiazole rings is 1. The molecule has 0 radical (unpaired) electrons. The molecule has 0 aliphatic heterocycles. The predicted molar refractivity (Wildman–Crippen MR) is 63.6 cm³/mol. The first-order valence-corrected chi connectivity index (χ1v) is 6.00. The third-order valence-corrected chi connectivity index (χ3v) is 3.36. The average molecular weight is 258 g/mol. The molecule has 0 saturated carbocycles. The zero-order valence-electron chi connectivity index (χ0n) is 8.54. The van der Waals surface area contributed by atoms with Gasteiger partial charge in [-0.25, -0.2) is 9.37 Å². The summed E-state index contributed by atoms with van der Waals surface area (Å²) in [6.07, 6.45) is 0. The third kappa shape index (κ3) is 2.18. The van der Waals surface area contributed by atoms with Crippen LogP contribution in [-0.2, 0) is 5.88 Å². The minimum atomic E-state index is -0.309. The molecule has 16 heavy (non-hydrogen) atoms. The first-order chi connectivity index (χ1) is 7.74. The van der Waals surface area contributed by atoms with Gasteiger partial charge in [-0.2, -0.15) is 0 Å². The molecule has 1 aromatic carbocycles. The van der Waals surface area contributed by atoms with Crippen molar-refractivity contribution >= 4 is 22.9 Å². The van der Waals surface area contributed by atoms with Gasteiger partial charge in [0.1, 0.15) is 16.6 Å². The minimum Gasteiger partial charge on any atom is -0.496 e. The maximum Gasteiger partial charge on any atom is 0.128 e. The highest BCUT2D eigenvalue weighted by Crippen LogP contribution is 2.31. The summed E-state index contributed by atoms with van der Waals surface area (Å²) in [4.78, 5) is 4.29. The van der Waals surface area contributed by atoms with Crippen molar-refractivity contribution in [3.63, 3.8) is 0 Å². The fourth-order valence-corrected chi connectivity index (χ4v) is 2.27. The van der Waals surface area contributed by atoms with Crippen LogP contribution in [0.5, 0.6) is 5.75 Å².